The van der Waals surface area contributed by atoms with Crippen molar-refractivity contribution < 1.29 is 4.79 Å². The maximum atomic E-state index is 11.2. The first-order chi connectivity index (χ1) is 8.66. The van der Waals surface area contributed by atoms with Crippen LogP contribution in [0.25, 0.3) is 0 Å². The molecule has 0 radical (unpaired) electrons. The molecule has 0 bridgehead atoms. The lowest BCUT2D eigenvalue weighted by Gasteiger charge is -2.10. The number of para-hydroxylation sites is 1. The summed E-state index contributed by atoms with van der Waals surface area (Å²) in [6.07, 6.45) is 0. The first-order valence-electron chi connectivity index (χ1n) is 5.46. The quantitative estimate of drug-likeness (QED) is 0.897. The second kappa shape index (κ2) is 6.07. The van der Waals surface area contributed by atoms with Crippen LogP contribution in [-0.4, -0.2) is 5.91 Å². The fraction of sp³-hybridized carbons (Fsp3) is 0.0714. The van der Waals surface area contributed by atoms with Crippen molar-refractivity contribution in [1.29, 1.82) is 0 Å². The molecule has 0 saturated heterocycles. The van der Waals surface area contributed by atoms with Crippen molar-refractivity contribution in [2.75, 3.05) is 5.32 Å². The summed E-state index contributed by atoms with van der Waals surface area (Å²) in [6, 6.07) is 15.8. The third-order valence-electron chi connectivity index (χ3n) is 2.25. The van der Waals surface area contributed by atoms with Crippen molar-refractivity contribution in [3.05, 3.63) is 53.0 Å². The van der Waals surface area contributed by atoms with E-state index in [1.165, 1.54) is 6.92 Å². The van der Waals surface area contributed by atoms with E-state index < -0.39 is 0 Å². The van der Waals surface area contributed by atoms with Gasteiger partial charge in [0.2, 0.25) is 5.91 Å². The van der Waals surface area contributed by atoms with E-state index in [2.05, 4.69) is 21.2 Å². The van der Waals surface area contributed by atoms with E-state index in [-0.39, 0.29) is 5.91 Å². The lowest BCUT2D eigenvalue weighted by atomic mass is 10.3. The molecule has 0 atom stereocenters. The Morgan fingerprint density at radius 2 is 1.67 bits per heavy atom. The average Bonchev–Trinajstić information content (AvgIpc) is 2.34. The lowest BCUT2D eigenvalue weighted by Crippen LogP contribution is -2.06. The zero-order valence-corrected chi connectivity index (χ0v) is 12.2. The molecular formula is C14H12BrNOS. The van der Waals surface area contributed by atoms with Gasteiger partial charge < -0.3 is 5.32 Å². The number of amides is 1. The molecular weight excluding hydrogens is 310 g/mol. The highest BCUT2D eigenvalue weighted by Crippen LogP contribution is 2.37. The van der Waals surface area contributed by atoms with Gasteiger partial charge >= 0.3 is 0 Å². The molecule has 2 nitrogen and oxygen atoms in total. The van der Waals surface area contributed by atoms with Crippen LogP contribution in [0.15, 0.2) is 62.8 Å². The largest absolute Gasteiger partial charge is 0.325 e. The number of carbonyl (C=O) groups excluding carboxylic acids is 1. The second-order valence-electron chi connectivity index (χ2n) is 3.71. The molecule has 2 rings (SSSR count). The second-order valence-corrected chi connectivity index (χ2v) is 5.65. The van der Waals surface area contributed by atoms with Gasteiger partial charge in [0.1, 0.15) is 0 Å². The SMILES string of the molecule is CC(=O)Nc1ccccc1Sc1ccccc1Br. The minimum atomic E-state index is -0.0600. The van der Waals surface area contributed by atoms with Crippen LogP contribution in [0.2, 0.25) is 0 Å². The number of nitrogens with one attached hydrogen (secondary N) is 1. The number of halogens is 1. The molecule has 2 aromatic rings. The summed E-state index contributed by atoms with van der Waals surface area (Å²) >= 11 is 5.14. The van der Waals surface area contributed by atoms with E-state index in [9.17, 15) is 4.79 Å². The van der Waals surface area contributed by atoms with Gasteiger partial charge in [0.15, 0.2) is 0 Å². The van der Waals surface area contributed by atoms with Crippen molar-refractivity contribution in [1.82, 2.24) is 0 Å². The monoisotopic (exact) mass is 321 g/mol. The standard InChI is InChI=1S/C14H12BrNOS/c1-10(17)16-12-7-3-5-9-14(12)18-13-8-4-2-6-11(13)15/h2-9H,1H3,(H,16,17). The molecule has 0 aromatic heterocycles. The van der Waals surface area contributed by atoms with E-state index in [0.717, 1.165) is 20.0 Å². The van der Waals surface area contributed by atoms with E-state index in [1.54, 1.807) is 11.8 Å². The predicted octanol–water partition coefficient (Wildman–Crippen LogP) is 4.56. The predicted molar refractivity (Wildman–Crippen MR) is 79.0 cm³/mol. The number of benzene rings is 2. The molecule has 4 heteroatoms. The smallest absolute Gasteiger partial charge is 0.221 e. The van der Waals surface area contributed by atoms with Gasteiger partial charge in [0.05, 0.1) is 5.69 Å². The molecule has 1 amide bonds. The maximum Gasteiger partial charge on any atom is 0.221 e. The van der Waals surface area contributed by atoms with Gasteiger partial charge in [-0.3, -0.25) is 4.79 Å². The summed E-state index contributed by atoms with van der Waals surface area (Å²) in [5.74, 6) is -0.0600. The van der Waals surface area contributed by atoms with Crippen LogP contribution < -0.4 is 5.32 Å². The van der Waals surface area contributed by atoms with Crippen LogP contribution in [0.5, 0.6) is 0 Å². The normalized spacial score (nSPS) is 10.1. The summed E-state index contributed by atoms with van der Waals surface area (Å²) in [5.41, 5.74) is 0.839. The fourth-order valence-corrected chi connectivity index (χ4v) is 2.95. The summed E-state index contributed by atoms with van der Waals surface area (Å²) in [5, 5.41) is 2.84. The molecule has 2 aromatic carbocycles. The highest BCUT2D eigenvalue weighted by atomic mass is 79.9. The lowest BCUT2D eigenvalue weighted by molar-refractivity contribution is -0.114. The summed E-state index contributed by atoms with van der Waals surface area (Å²) in [7, 11) is 0. The molecule has 0 saturated carbocycles. The van der Waals surface area contributed by atoms with Gasteiger partial charge in [-0.05, 0) is 40.2 Å². The molecule has 92 valence electrons. The van der Waals surface area contributed by atoms with E-state index >= 15 is 0 Å². The summed E-state index contributed by atoms with van der Waals surface area (Å²) < 4.78 is 1.05. The molecule has 0 aliphatic carbocycles. The zero-order chi connectivity index (χ0) is 13.0. The number of hydrogen-bond donors (Lipinski definition) is 1. The molecule has 0 fully saturated rings. The average molecular weight is 322 g/mol. The number of hydrogen-bond acceptors (Lipinski definition) is 2. The Morgan fingerprint density at radius 1 is 1.06 bits per heavy atom. The van der Waals surface area contributed by atoms with E-state index in [4.69, 9.17) is 0 Å². The number of anilines is 1. The van der Waals surface area contributed by atoms with Gasteiger partial charge in [0, 0.05) is 21.2 Å². The molecule has 0 heterocycles. The highest BCUT2D eigenvalue weighted by Gasteiger charge is 2.06. The topological polar surface area (TPSA) is 29.1 Å². The van der Waals surface area contributed by atoms with Gasteiger partial charge in [0.25, 0.3) is 0 Å². The van der Waals surface area contributed by atoms with Crippen molar-refractivity contribution >= 4 is 39.3 Å². The van der Waals surface area contributed by atoms with Crippen molar-refractivity contribution in [3.63, 3.8) is 0 Å². The van der Waals surface area contributed by atoms with E-state index in [1.807, 2.05) is 48.5 Å². The third kappa shape index (κ3) is 3.37. The maximum absolute atomic E-state index is 11.2. The Morgan fingerprint density at radius 3 is 2.33 bits per heavy atom. The first kappa shape index (κ1) is 13.2. The van der Waals surface area contributed by atoms with E-state index in [0.29, 0.717) is 0 Å². The fourth-order valence-electron chi connectivity index (χ4n) is 1.49. The van der Waals surface area contributed by atoms with Crippen LogP contribution in [0.3, 0.4) is 0 Å². The van der Waals surface area contributed by atoms with Gasteiger partial charge in [-0.25, -0.2) is 0 Å². The van der Waals surface area contributed by atoms with Crippen LogP contribution >= 0.6 is 27.7 Å². The van der Waals surface area contributed by atoms with Crippen molar-refractivity contribution in [3.8, 4) is 0 Å². The van der Waals surface area contributed by atoms with Crippen molar-refractivity contribution in [2.24, 2.45) is 0 Å². The van der Waals surface area contributed by atoms with Gasteiger partial charge in [-0.15, -0.1) is 0 Å². The molecule has 0 aliphatic rings. The Balaban J connectivity index is 2.29. The Hall–Kier alpha value is -1.26. The summed E-state index contributed by atoms with van der Waals surface area (Å²) in [4.78, 5) is 13.3. The molecule has 0 aliphatic heterocycles. The molecule has 18 heavy (non-hydrogen) atoms. The summed E-state index contributed by atoms with van der Waals surface area (Å²) in [6.45, 7) is 1.51. The zero-order valence-electron chi connectivity index (χ0n) is 9.81. The number of rotatable bonds is 3. The Kier molecular flexibility index (Phi) is 4.44. The first-order valence-corrected chi connectivity index (χ1v) is 7.07. The number of carbonyl (C=O) groups is 1. The third-order valence-corrected chi connectivity index (χ3v) is 4.36. The molecule has 0 spiro atoms. The van der Waals surface area contributed by atoms with Crippen LogP contribution in [0.4, 0.5) is 5.69 Å². The molecule has 1 N–H and O–H groups in total. The highest BCUT2D eigenvalue weighted by molar-refractivity contribution is 9.10. The minimum Gasteiger partial charge on any atom is -0.325 e. The minimum absolute atomic E-state index is 0.0600. The van der Waals surface area contributed by atoms with Crippen LogP contribution in [0.1, 0.15) is 6.92 Å². The van der Waals surface area contributed by atoms with Crippen LogP contribution in [0, 0.1) is 0 Å². The van der Waals surface area contributed by atoms with Crippen LogP contribution in [-0.2, 0) is 4.79 Å². The van der Waals surface area contributed by atoms with Gasteiger partial charge in [-0.2, -0.15) is 0 Å². The Labute approximate surface area is 119 Å². The van der Waals surface area contributed by atoms with Crippen molar-refractivity contribution in [2.45, 2.75) is 16.7 Å². The Bertz CT molecular complexity index is 571. The molecule has 0 unspecified atom stereocenters. The van der Waals surface area contributed by atoms with Gasteiger partial charge in [-0.1, -0.05) is 36.0 Å².